The first-order chi connectivity index (χ1) is 8.47. The Kier molecular flexibility index (Phi) is 3.19. The third kappa shape index (κ3) is 2.42. The largest absolute Gasteiger partial charge is 0.369 e. The van der Waals surface area contributed by atoms with E-state index < -0.39 is 0 Å². The molecule has 1 aromatic rings. The van der Waals surface area contributed by atoms with Gasteiger partial charge < -0.3 is 11.1 Å². The highest BCUT2D eigenvalue weighted by Gasteiger charge is 2.24. The summed E-state index contributed by atoms with van der Waals surface area (Å²) in [6.45, 7) is 4.04. The van der Waals surface area contributed by atoms with E-state index in [2.05, 4.69) is 5.32 Å². The predicted molar refractivity (Wildman–Crippen MR) is 70.8 cm³/mol. The molecule has 0 aliphatic carbocycles. The quantitative estimate of drug-likeness (QED) is 0.794. The monoisotopic (exact) mass is 244 g/mol. The number of nitrogens with one attached hydrogen (secondary N) is 1. The van der Waals surface area contributed by atoms with Crippen LogP contribution in [-0.4, -0.2) is 11.8 Å². The Balaban J connectivity index is 2.43. The fourth-order valence-electron chi connectivity index (χ4n) is 2.05. The minimum absolute atomic E-state index is 0.0880. The van der Waals surface area contributed by atoms with E-state index >= 15 is 0 Å². The highest BCUT2D eigenvalue weighted by Crippen LogP contribution is 2.33. The predicted octanol–water partition coefficient (Wildman–Crippen LogP) is 1.71. The molecule has 1 aromatic carbocycles. The SMILES string of the molecule is CC(C)/C=C1/C(=O)Nc2ccc(CC(N)=O)cc21. The molecule has 0 bridgehead atoms. The second-order valence-electron chi connectivity index (χ2n) is 4.80. The topological polar surface area (TPSA) is 72.2 Å². The summed E-state index contributed by atoms with van der Waals surface area (Å²) < 4.78 is 0. The normalized spacial score (nSPS) is 15.9. The zero-order valence-corrected chi connectivity index (χ0v) is 10.5. The van der Waals surface area contributed by atoms with Crippen LogP contribution in [-0.2, 0) is 16.0 Å². The number of amides is 2. The van der Waals surface area contributed by atoms with E-state index in [-0.39, 0.29) is 24.2 Å². The van der Waals surface area contributed by atoms with Crippen molar-refractivity contribution in [2.75, 3.05) is 5.32 Å². The molecule has 0 radical (unpaired) electrons. The van der Waals surface area contributed by atoms with E-state index in [9.17, 15) is 9.59 Å². The lowest BCUT2D eigenvalue weighted by Gasteiger charge is -2.03. The fraction of sp³-hybridized carbons (Fsp3) is 0.286. The molecule has 4 heteroatoms. The smallest absolute Gasteiger partial charge is 0.256 e. The van der Waals surface area contributed by atoms with Crippen molar-refractivity contribution < 1.29 is 9.59 Å². The van der Waals surface area contributed by atoms with Crippen LogP contribution >= 0.6 is 0 Å². The van der Waals surface area contributed by atoms with Crippen LogP contribution in [0, 0.1) is 5.92 Å². The van der Waals surface area contributed by atoms with Crippen molar-refractivity contribution in [3.63, 3.8) is 0 Å². The maximum Gasteiger partial charge on any atom is 0.256 e. The van der Waals surface area contributed by atoms with Gasteiger partial charge in [-0.25, -0.2) is 0 Å². The summed E-state index contributed by atoms with van der Waals surface area (Å²) >= 11 is 0. The first kappa shape index (κ1) is 12.4. The number of carbonyl (C=O) groups excluding carboxylic acids is 2. The number of allylic oxidation sites excluding steroid dienone is 1. The highest BCUT2D eigenvalue weighted by atomic mass is 16.2. The van der Waals surface area contributed by atoms with Gasteiger partial charge in [-0.3, -0.25) is 9.59 Å². The van der Waals surface area contributed by atoms with Gasteiger partial charge in [-0.15, -0.1) is 0 Å². The third-order valence-corrected chi connectivity index (χ3v) is 2.75. The summed E-state index contributed by atoms with van der Waals surface area (Å²) in [5, 5.41) is 2.81. The molecule has 1 aliphatic heterocycles. The summed E-state index contributed by atoms with van der Waals surface area (Å²) in [7, 11) is 0. The first-order valence-corrected chi connectivity index (χ1v) is 5.92. The lowest BCUT2D eigenvalue weighted by molar-refractivity contribution is -0.117. The van der Waals surface area contributed by atoms with Crippen LogP contribution in [0.2, 0.25) is 0 Å². The van der Waals surface area contributed by atoms with E-state index in [0.29, 0.717) is 5.57 Å². The Morgan fingerprint density at radius 1 is 1.44 bits per heavy atom. The average Bonchev–Trinajstić information content (AvgIpc) is 2.54. The number of rotatable bonds is 3. The number of anilines is 1. The number of carbonyl (C=O) groups is 2. The molecule has 18 heavy (non-hydrogen) atoms. The third-order valence-electron chi connectivity index (χ3n) is 2.75. The molecule has 0 saturated carbocycles. The summed E-state index contributed by atoms with van der Waals surface area (Å²) in [6.07, 6.45) is 2.12. The Hall–Kier alpha value is -2.10. The Morgan fingerprint density at radius 3 is 2.78 bits per heavy atom. The van der Waals surface area contributed by atoms with Crippen LogP contribution in [0.5, 0.6) is 0 Å². The second-order valence-corrected chi connectivity index (χ2v) is 4.80. The molecule has 3 N–H and O–H groups in total. The van der Waals surface area contributed by atoms with Crippen molar-refractivity contribution in [3.8, 4) is 0 Å². The van der Waals surface area contributed by atoms with Crippen molar-refractivity contribution in [3.05, 3.63) is 35.4 Å². The van der Waals surface area contributed by atoms with E-state index in [0.717, 1.165) is 16.8 Å². The van der Waals surface area contributed by atoms with Crippen LogP contribution in [0.1, 0.15) is 25.0 Å². The number of fused-ring (bicyclic) bond motifs is 1. The van der Waals surface area contributed by atoms with Gasteiger partial charge in [0.1, 0.15) is 0 Å². The Morgan fingerprint density at radius 2 is 2.17 bits per heavy atom. The number of nitrogens with two attached hydrogens (primary N) is 1. The molecule has 0 spiro atoms. The zero-order chi connectivity index (χ0) is 13.3. The molecule has 2 rings (SSSR count). The summed E-state index contributed by atoms with van der Waals surface area (Å²) in [5.74, 6) is -0.173. The van der Waals surface area contributed by atoms with E-state index in [1.807, 2.05) is 38.1 Å². The van der Waals surface area contributed by atoms with Gasteiger partial charge in [0, 0.05) is 16.8 Å². The summed E-state index contributed by atoms with van der Waals surface area (Å²) in [5.41, 5.74) is 8.32. The van der Waals surface area contributed by atoms with Gasteiger partial charge in [0.15, 0.2) is 0 Å². The maximum atomic E-state index is 11.8. The molecule has 1 heterocycles. The standard InChI is InChI=1S/C14H16N2O2/c1-8(2)5-11-10-6-9(7-13(15)17)3-4-12(10)16-14(11)18/h3-6,8H,7H2,1-2H3,(H2,15,17)(H,16,18)/b11-5+. The molecule has 0 aromatic heterocycles. The minimum atomic E-state index is -0.373. The lowest BCUT2D eigenvalue weighted by atomic mass is 9.99. The van der Waals surface area contributed by atoms with Gasteiger partial charge in [-0.05, 0) is 23.6 Å². The highest BCUT2D eigenvalue weighted by molar-refractivity contribution is 6.31. The molecule has 0 saturated heterocycles. The molecule has 94 valence electrons. The van der Waals surface area contributed by atoms with Crippen LogP contribution in [0.15, 0.2) is 24.3 Å². The maximum absolute atomic E-state index is 11.8. The minimum Gasteiger partial charge on any atom is -0.369 e. The van der Waals surface area contributed by atoms with E-state index in [4.69, 9.17) is 5.73 Å². The van der Waals surface area contributed by atoms with Crippen LogP contribution in [0.4, 0.5) is 5.69 Å². The average molecular weight is 244 g/mol. The molecule has 2 amide bonds. The molecular weight excluding hydrogens is 228 g/mol. The van der Waals surface area contributed by atoms with Crippen molar-refractivity contribution in [1.29, 1.82) is 0 Å². The molecular formula is C14H16N2O2. The number of primary amides is 1. The van der Waals surface area contributed by atoms with Gasteiger partial charge >= 0.3 is 0 Å². The first-order valence-electron chi connectivity index (χ1n) is 5.92. The number of benzene rings is 1. The van der Waals surface area contributed by atoms with Gasteiger partial charge in [0.25, 0.3) is 5.91 Å². The summed E-state index contributed by atoms with van der Waals surface area (Å²) in [4.78, 5) is 22.7. The Bertz CT molecular complexity index is 545. The molecule has 0 atom stereocenters. The number of hydrogen-bond acceptors (Lipinski definition) is 2. The molecule has 1 aliphatic rings. The molecule has 4 nitrogen and oxygen atoms in total. The van der Waals surface area contributed by atoms with Crippen LogP contribution in [0.25, 0.3) is 5.57 Å². The Labute approximate surface area is 106 Å². The van der Waals surface area contributed by atoms with Crippen molar-refractivity contribution >= 4 is 23.1 Å². The van der Waals surface area contributed by atoms with Gasteiger partial charge in [-0.2, -0.15) is 0 Å². The van der Waals surface area contributed by atoms with Crippen molar-refractivity contribution in [2.24, 2.45) is 11.7 Å². The summed E-state index contributed by atoms with van der Waals surface area (Å²) in [6, 6.07) is 5.47. The van der Waals surface area contributed by atoms with E-state index in [1.54, 1.807) is 0 Å². The van der Waals surface area contributed by atoms with Crippen molar-refractivity contribution in [2.45, 2.75) is 20.3 Å². The number of hydrogen-bond donors (Lipinski definition) is 2. The lowest BCUT2D eigenvalue weighted by Crippen LogP contribution is -2.13. The van der Waals surface area contributed by atoms with Crippen LogP contribution in [0.3, 0.4) is 0 Å². The zero-order valence-electron chi connectivity index (χ0n) is 10.5. The van der Waals surface area contributed by atoms with Gasteiger partial charge in [-0.1, -0.05) is 26.0 Å². The van der Waals surface area contributed by atoms with E-state index in [1.165, 1.54) is 0 Å². The van der Waals surface area contributed by atoms with Gasteiger partial charge in [0.05, 0.1) is 6.42 Å². The molecule has 0 fully saturated rings. The molecule has 0 unspecified atom stereocenters. The second kappa shape index (κ2) is 4.64. The van der Waals surface area contributed by atoms with Crippen LogP contribution < -0.4 is 11.1 Å². The van der Waals surface area contributed by atoms with Crippen molar-refractivity contribution in [1.82, 2.24) is 0 Å². The fourth-order valence-corrected chi connectivity index (χ4v) is 2.05. The van der Waals surface area contributed by atoms with Gasteiger partial charge in [0.2, 0.25) is 5.91 Å².